The van der Waals surface area contributed by atoms with Gasteiger partial charge in [-0.1, -0.05) is 48.0 Å². The zero-order valence-electron chi connectivity index (χ0n) is 12.2. The van der Waals surface area contributed by atoms with E-state index in [-0.39, 0.29) is 5.91 Å². The maximum atomic E-state index is 13.0. The van der Waals surface area contributed by atoms with E-state index in [4.69, 9.17) is 16.3 Å². The van der Waals surface area contributed by atoms with E-state index in [1.807, 2.05) is 42.5 Å². The Morgan fingerprint density at radius 3 is 2.45 bits per heavy atom. The van der Waals surface area contributed by atoms with Gasteiger partial charge in [0.2, 0.25) is 5.91 Å². The number of anilines is 1. The molecule has 1 aliphatic heterocycles. The largest absolute Gasteiger partial charge is 0.381 e. The molecule has 0 spiro atoms. The van der Waals surface area contributed by atoms with Crippen LogP contribution in [0.5, 0.6) is 0 Å². The minimum Gasteiger partial charge on any atom is -0.381 e. The Kier molecular flexibility index (Phi) is 4.46. The number of hydrogen-bond donors (Lipinski definition) is 1. The minimum atomic E-state index is -0.540. The highest BCUT2D eigenvalue weighted by Crippen LogP contribution is 2.36. The van der Waals surface area contributed by atoms with E-state index in [0.29, 0.717) is 31.1 Å². The summed E-state index contributed by atoms with van der Waals surface area (Å²) in [6, 6.07) is 17.2. The molecule has 3 nitrogen and oxygen atoms in total. The van der Waals surface area contributed by atoms with Crippen molar-refractivity contribution in [2.45, 2.75) is 18.3 Å². The number of rotatable bonds is 3. The molecular weight excluding hydrogens is 298 g/mol. The molecule has 4 heteroatoms. The van der Waals surface area contributed by atoms with Crippen molar-refractivity contribution in [3.63, 3.8) is 0 Å². The van der Waals surface area contributed by atoms with Gasteiger partial charge in [-0.15, -0.1) is 0 Å². The number of halogens is 1. The van der Waals surface area contributed by atoms with Crippen molar-refractivity contribution in [2.75, 3.05) is 18.5 Å². The number of nitrogens with one attached hydrogen (secondary N) is 1. The number of amides is 1. The summed E-state index contributed by atoms with van der Waals surface area (Å²) in [7, 11) is 0. The normalized spacial score (nSPS) is 17.0. The molecule has 114 valence electrons. The summed E-state index contributed by atoms with van der Waals surface area (Å²) in [6.07, 6.45) is 1.37. The second kappa shape index (κ2) is 6.51. The molecule has 1 heterocycles. The lowest BCUT2D eigenvalue weighted by atomic mass is 9.73. The molecule has 0 radical (unpaired) electrons. The monoisotopic (exact) mass is 315 g/mol. The fourth-order valence-electron chi connectivity index (χ4n) is 2.94. The molecule has 22 heavy (non-hydrogen) atoms. The first kappa shape index (κ1) is 15.1. The fourth-order valence-corrected chi connectivity index (χ4v) is 3.13. The smallest absolute Gasteiger partial charge is 0.235 e. The van der Waals surface area contributed by atoms with Crippen molar-refractivity contribution in [2.24, 2.45) is 0 Å². The molecule has 0 aliphatic carbocycles. The lowest BCUT2D eigenvalue weighted by molar-refractivity contribution is -0.125. The van der Waals surface area contributed by atoms with E-state index in [1.165, 1.54) is 0 Å². The molecule has 1 fully saturated rings. The topological polar surface area (TPSA) is 38.3 Å². The van der Waals surface area contributed by atoms with Crippen LogP contribution in [0.25, 0.3) is 0 Å². The van der Waals surface area contributed by atoms with Gasteiger partial charge in [0.15, 0.2) is 0 Å². The van der Waals surface area contributed by atoms with Crippen molar-refractivity contribution in [1.82, 2.24) is 0 Å². The second-order valence-electron chi connectivity index (χ2n) is 5.52. The zero-order valence-corrected chi connectivity index (χ0v) is 13.0. The van der Waals surface area contributed by atoms with Crippen molar-refractivity contribution in [3.8, 4) is 0 Å². The van der Waals surface area contributed by atoms with E-state index in [9.17, 15) is 4.79 Å². The molecule has 0 aromatic heterocycles. The van der Waals surface area contributed by atoms with Crippen LogP contribution in [0.1, 0.15) is 18.4 Å². The van der Waals surface area contributed by atoms with Crippen molar-refractivity contribution >= 4 is 23.2 Å². The minimum absolute atomic E-state index is 0.00395. The van der Waals surface area contributed by atoms with E-state index in [0.717, 1.165) is 11.3 Å². The Labute approximate surface area is 135 Å². The number of ether oxygens (including phenoxy) is 1. The van der Waals surface area contributed by atoms with Crippen LogP contribution < -0.4 is 5.32 Å². The van der Waals surface area contributed by atoms with E-state index >= 15 is 0 Å². The van der Waals surface area contributed by atoms with Crippen LogP contribution in [-0.2, 0) is 14.9 Å². The Balaban J connectivity index is 1.91. The van der Waals surface area contributed by atoms with Crippen LogP contribution in [0.4, 0.5) is 5.69 Å². The fraction of sp³-hybridized carbons (Fsp3) is 0.278. The average Bonchev–Trinajstić information content (AvgIpc) is 2.56. The van der Waals surface area contributed by atoms with Crippen molar-refractivity contribution in [3.05, 3.63) is 65.2 Å². The summed E-state index contributed by atoms with van der Waals surface area (Å²) in [5.41, 5.74) is 1.22. The Hall–Kier alpha value is -1.84. The first-order valence-electron chi connectivity index (χ1n) is 7.41. The van der Waals surface area contributed by atoms with Crippen molar-refractivity contribution < 1.29 is 9.53 Å². The SMILES string of the molecule is O=C(Nc1cccc(Cl)c1)C1(c2ccccc2)CCOCC1. The third-order valence-electron chi connectivity index (χ3n) is 4.19. The molecular formula is C18H18ClNO2. The third-order valence-corrected chi connectivity index (χ3v) is 4.42. The maximum absolute atomic E-state index is 13.0. The van der Waals surface area contributed by atoms with E-state index in [1.54, 1.807) is 12.1 Å². The van der Waals surface area contributed by atoms with Crippen LogP contribution in [0, 0.1) is 0 Å². The van der Waals surface area contributed by atoms with Crippen LogP contribution in [0.3, 0.4) is 0 Å². The van der Waals surface area contributed by atoms with Crippen LogP contribution in [-0.4, -0.2) is 19.1 Å². The third kappa shape index (κ3) is 3.01. The van der Waals surface area contributed by atoms with Gasteiger partial charge in [0.25, 0.3) is 0 Å². The number of carbonyl (C=O) groups is 1. The van der Waals surface area contributed by atoms with E-state index in [2.05, 4.69) is 5.32 Å². The first-order chi connectivity index (χ1) is 10.7. The summed E-state index contributed by atoms with van der Waals surface area (Å²) in [5.74, 6) is 0.00395. The van der Waals surface area contributed by atoms with Gasteiger partial charge in [-0.3, -0.25) is 4.79 Å². The van der Waals surface area contributed by atoms with Gasteiger partial charge in [-0.25, -0.2) is 0 Å². The Bertz CT molecular complexity index is 651. The van der Waals surface area contributed by atoms with Crippen LogP contribution >= 0.6 is 11.6 Å². The Morgan fingerprint density at radius 1 is 1.05 bits per heavy atom. The van der Waals surface area contributed by atoms with Gasteiger partial charge in [-0.2, -0.15) is 0 Å². The maximum Gasteiger partial charge on any atom is 0.235 e. The number of benzene rings is 2. The summed E-state index contributed by atoms with van der Waals surface area (Å²) >= 11 is 5.99. The summed E-state index contributed by atoms with van der Waals surface area (Å²) in [6.45, 7) is 1.19. The highest BCUT2D eigenvalue weighted by atomic mass is 35.5. The van der Waals surface area contributed by atoms with Crippen LogP contribution in [0.15, 0.2) is 54.6 Å². The van der Waals surface area contributed by atoms with Gasteiger partial charge in [0.05, 0.1) is 5.41 Å². The second-order valence-corrected chi connectivity index (χ2v) is 5.96. The van der Waals surface area contributed by atoms with Crippen molar-refractivity contribution in [1.29, 1.82) is 0 Å². The highest BCUT2D eigenvalue weighted by Gasteiger charge is 2.41. The molecule has 0 saturated carbocycles. The van der Waals surface area contributed by atoms with Gasteiger partial charge in [-0.05, 0) is 36.6 Å². The highest BCUT2D eigenvalue weighted by molar-refractivity contribution is 6.30. The summed E-state index contributed by atoms with van der Waals surface area (Å²) < 4.78 is 5.46. The lowest BCUT2D eigenvalue weighted by Gasteiger charge is -2.36. The molecule has 3 rings (SSSR count). The average molecular weight is 316 g/mol. The first-order valence-corrected chi connectivity index (χ1v) is 7.79. The Morgan fingerprint density at radius 2 is 1.77 bits per heavy atom. The predicted molar refractivity (Wildman–Crippen MR) is 88.3 cm³/mol. The zero-order chi connectivity index (χ0) is 15.4. The summed E-state index contributed by atoms with van der Waals surface area (Å²) in [5, 5.41) is 3.62. The molecule has 0 unspecified atom stereocenters. The summed E-state index contributed by atoms with van der Waals surface area (Å²) in [4.78, 5) is 13.0. The molecule has 2 aromatic carbocycles. The standard InChI is InChI=1S/C18H18ClNO2/c19-15-7-4-8-16(13-15)20-17(21)18(9-11-22-12-10-18)14-5-2-1-3-6-14/h1-8,13H,9-12H2,(H,20,21). The lowest BCUT2D eigenvalue weighted by Crippen LogP contribution is -2.44. The molecule has 1 N–H and O–H groups in total. The van der Waals surface area contributed by atoms with Crippen LogP contribution in [0.2, 0.25) is 5.02 Å². The number of hydrogen-bond acceptors (Lipinski definition) is 2. The molecule has 0 atom stereocenters. The van der Waals surface area contributed by atoms with Gasteiger partial charge in [0, 0.05) is 23.9 Å². The predicted octanol–water partition coefficient (Wildman–Crippen LogP) is 4.03. The van der Waals surface area contributed by atoms with E-state index < -0.39 is 5.41 Å². The molecule has 0 bridgehead atoms. The van der Waals surface area contributed by atoms with Gasteiger partial charge < -0.3 is 10.1 Å². The van der Waals surface area contributed by atoms with Gasteiger partial charge in [0.1, 0.15) is 0 Å². The number of carbonyl (C=O) groups excluding carboxylic acids is 1. The quantitative estimate of drug-likeness (QED) is 0.928. The molecule has 1 saturated heterocycles. The molecule has 1 aliphatic rings. The van der Waals surface area contributed by atoms with Gasteiger partial charge >= 0.3 is 0 Å². The molecule has 1 amide bonds. The molecule has 2 aromatic rings.